The SMILES string of the molecule is C[C@@H](OC(=O)CCc1nnc(-c2ccccc2)o1)C(=O)Nc1ccc(C(F)(F)F)cc1. The molecule has 1 atom stereocenters. The molecule has 0 radical (unpaired) electrons. The van der Waals surface area contributed by atoms with E-state index in [1.807, 2.05) is 30.3 Å². The van der Waals surface area contributed by atoms with Crippen LogP contribution in [0, 0.1) is 0 Å². The predicted molar refractivity (Wildman–Crippen MR) is 104 cm³/mol. The van der Waals surface area contributed by atoms with E-state index in [-0.39, 0.29) is 24.4 Å². The maximum absolute atomic E-state index is 12.6. The maximum atomic E-state index is 12.6. The molecular weight excluding hydrogens is 415 g/mol. The minimum absolute atomic E-state index is 0.0890. The lowest BCUT2D eigenvalue weighted by Crippen LogP contribution is -2.30. The molecular formula is C21H18F3N3O4. The van der Waals surface area contributed by atoms with Gasteiger partial charge in [0, 0.05) is 17.7 Å². The van der Waals surface area contributed by atoms with Gasteiger partial charge in [-0.15, -0.1) is 10.2 Å². The molecule has 1 heterocycles. The average Bonchev–Trinajstić information content (AvgIpc) is 3.22. The van der Waals surface area contributed by atoms with Gasteiger partial charge in [0.25, 0.3) is 5.91 Å². The normalized spacial score (nSPS) is 12.3. The summed E-state index contributed by atoms with van der Waals surface area (Å²) in [5.74, 6) is -0.752. The van der Waals surface area contributed by atoms with Gasteiger partial charge in [-0.3, -0.25) is 9.59 Å². The molecule has 3 rings (SSSR count). The first-order valence-electron chi connectivity index (χ1n) is 9.28. The van der Waals surface area contributed by atoms with Crippen molar-refractivity contribution < 1.29 is 31.9 Å². The zero-order valence-electron chi connectivity index (χ0n) is 16.3. The topological polar surface area (TPSA) is 94.3 Å². The zero-order valence-corrected chi connectivity index (χ0v) is 16.3. The van der Waals surface area contributed by atoms with E-state index in [1.54, 1.807) is 0 Å². The number of benzene rings is 2. The summed E-state index contributed by atoms with van der Waals surface area (Å²) < 4.78 is 48.3. The van der Waals surface area contributed by atoms with Crippen molar-refractivity contribution in [2.45, 2.75) is 32.0 Å². The average molecular weight is 433 g/mol. The molecule has 0 aliphatic carbocycles. The van der Waals surface area contributed by atoms with Crippen molar-refractivity contribution in [3.8, 4) is 11.5 Å². The van der Waals surface area contributed by atoms with Crippen molar-refractivity contribution in [3.63, 3.8) is 0 Å². The number of anilines is 1. The molecule has 0 fully saturated rings. The third-order valence-corrected chi connectivity index (χ3v) is 4.19. The van der Waals surface area contributed by atoms with Crippen LogP contribution >= 0.6 is 0 Å². The monoisotopic (exact) mass is 433 g/mol. The Morgan fingerprint density at radius 3 is 2.39 bits per heavy atom. The molecule has 10 heteroatoms. The summed E-state index contributed by atoms with van der Waals surface area (Å²) in [7, 11) is 0. The van der Waals surface area contributed by atoms with Crippen molar-refractivity contribution in [3.05, 3.63) is 66.1 Å². The van der Waals surface area contributed by atoms with Gasteiger partial charge in [0.2, 0.25) is 11.8 Å². The number of nitrogens with zero attached hydrogens (tertiary/aromatic N) is 2. The first-order chi connectivity index (χ1) is 14.7. The molecule has 0 saturated heterocycles. The van der Waals surface area contributed by atoms with Crippen LogP contribution in [0.15, 0.2) is 59.0 Å². The molecule has 0 aliphatic rings. The highest BCUT2D eigenvalue weighted by molar-refractivity contribution is 5.95. The molecule has 7 nitrogen and oxygen atoms in total. The minimum Gasteiger partial charge on any atom is -0.453 e. The van der Waals surface area contributed by atoms with E-state index < -0.39 is 29.7 Å². The number of halogens is 3. The van der Waals surface area contributed by atoms with Gasteiger partial charge < -0.3 is 14.5 Å². The van der Waals surface area contributed by atoms with Crippen LogP contribution in [-0.2, 0) is 26.9 Å². The van der Waals surface area contributed by atoms with Gasteiger partial charge in [-0.1, -0.05) is 18.2 Å². The van der Waals surface area contributed by atoms with Crippen LogP contribution < -0.4 is 5.32 Å². The number of esters is 1. The molecule has 0 saturated carbocycles. The molecule has 31 heavy (non-hydrogen) atoms. The summed E-state index contributed by atoms with van der Waals surface area (Å²) in [6.45, 7) is 1.36. The van der Waals surface area contributed by atoms with Crippen LogP contribution in [0.4, 0.5) is 18.9 Å². The predicted octanol–water partition coefficient (Wildman–Crippen LogP) is 4.26. The fourth-order valence-corrected chi connectivity index (χ4v) is 2.56. The van der Waals surface area contributed by atoms with E-state index in [0.717, 1.165) is 29.8 Å². The number of hydrogen-bond donors (Lipinski definition) is 1. The van der Waals surface area contributed by atoms with Gasteiger partial charge in [0.1, 0.15) is 0 Å². The van der Waals surface area contributed by atoms with Crippen molar-refractivity contribution >= 4 is 17.6 Å². The highest BCUT2D eigenvalue weighted by atomic mass is 19.4. The van der Waals surface area contributed by atoms with E-state index in [0.29, 0.717) is 5.89 Å². The van der Waals surface area contributed by atoms with Gasteiger partial charge in [-0.25, -0.2) is 0 Å². The quantitative estimate of drug-likeness (QED) is 0.560. The third kappa shape index (κ3) is 6.14. The number of amides is 1. The number of carbonyl (C=O) groups excluding carboxylic acids is 2. The summed E-state index contributed by atoms with van der Waals surface area (Å²) >= 11 is 0. The van der Waals surface area contributed by atoms with Gasteiger partial charge >= 0.3 is 12.1 Å². The lowest BCUT2D eigenvalue weighted by molar-refractivity contribution is -0.153. The highest BCUT2D eigenvalue weighted by Gasteiger charge is 2.30. The van der Waals surface area contributed by atoms with E-state index in [9.17, 15) is 22.8 Å². The van der Waals surface area contributed by atoms with Crippen molar-refractivity contribution in [1.82, 2.24) is 10.2 Å². The Morgan fingerprint density at radius 1 is 1.06 bits per heavy atom. The number of carbonyl (C=O) groups is 2. The first kappa shape index (κ1) is 22.0. The standard InChI is InChI=1S/C21H18F3N3O4/c1-13(19(29)25-16-9-7-15(8-10-16)21(22,23)24)30-18(28)12-11-17-26-27-20(31-17)14-5-3-2-4-6-14/h2-10,13H,11-12H2,1H3,(H,25,29)/t13-/m1/s1. The molecule has 3 aromatic rings. The van der Waals surface area contributed by atoms with E-state index in [4.69, 9.17) is 9.15 Å². The summed E-state index contributed by atoms with van der Waals surface area (Å²) in [5, 5.41) is 10.2. The molecule has 162 valence electrons. The lowest BCUT2D eigenvalue weighted by Gasteiger charge is -2.14. The van der Waals surface area contributed by atoms with E-state index in [1.165, 1.54) is 6.92 Å². The number of alkyl halides is 3. The van der Waals surface area contributed by atoms with Gasteiger partial charge in [-0.05, 0) is 43.3 Å². The molecule has 0 aliphatic heterocycles. The summed E-state index contributed by atoms with van der Waals surface area (Å²) in [4.78, 5) is 24.1. The van der Waals surface area contributed by atoms with Crippen LogP contribution in [0.2, 0.25) is 0 Å². The maximum Gasteiger partial charge on any atom is 0.416 e. The van der Waals surface area contributed by atoms with Crippen LogP contribution in [0.1, 0.15) is 24.8 Å². The van der Waals surface area contributed by atoms with Crippen LogP contribution in [-0.4, -0.2) is 28.2 Å². The highest BCUT2D eigenvalue weighted by Crippen LogP contribution is 2.29. The minimum atomic E-state index is -4.47. The van der Waals surface area contributed by atoms with Gasteiger partial charge in [0.15, 0.2) is 6.10 Å². The smallest absolute Gasteiger partial charge is 0.416 e. The van der Waals surface area contributed by atoms with Crippen LogP contribution in [0.5, 0.6) is 0 Å². The van der Waals surface area contributed by atoms with E-state index >= 15 is 0 Å². The largest absolute Gasteiger partial charge is 0.453 e. The molecule has 1 N–H and O–H groups in total. The second kappa shape index (κ2) is 9.41. The van der Waals surface area contributed by atoms with Gasteiger partial charge in [0.05, 0.1) is 12.0 Å². The Hall–Kier alpha value is -3.69. The molecule has 0 unspecified atom stereocenters. The summed E-state index contributed by atoms with van der Waals surface area (Å²) in [6.07, 6.45) is -5.57. The number of rotatable bonds is 7. The number of nitrogens with one attached hydrogen (secondary N) is 1. The molecule has 0 spiro atoms. The third-order valence-electron chi connectivity index (χ3n) is 4.19. The Balaban J connectivity index is 1.47. The Kier molecular flexibility index (Phi) is 6.68. The number of ether oxygens (including phenoxy) is 1. The van der Waals surface area contributed by atoms with Gasteiger partial charge in [-0.2, -0.15) is 13.2 Å². The fourth-order valence-electron chi connectivity index (χ4n) is 2.56. The Morgan fingerprint density at radius 2 is 1.74 bits per heavy atom. The number of hydrogen-bond acceptors (Lipinski definition) is 6. The summed E-state index contributed by atoms with van der Waals surface area (Å²) in [6, 6.07) is 13.1. The fraction of sp³-hybridized carbons (Fsp3) is 0.238. The van der Waals surface area contributed by atoms with Crippen LogP contribution in [0.3, 0.4) is 0 Å². The number of aromatic nitrogens is 2. The molecule has 0 bridgehead atoms. The summed E-state index contributed by atoms with van der Waals surface area (Å²) in [5.41, 5.74) is 0.0685. The first-order valence-corrected chi connectivity index (χ1v) is 9.28. The second-order valence-electron chi connectivity index (χ2n) is 6.56. The van der Waals surface area contributed by atoms with Crippen LogP contribution in [0.25, 0.3) is 11.5 Å². The van der Waals surface area contributed by atoms with Crippen molar-refractivity contribution in [1.29, 1.82) is 0 Å². The molecule has 1 amide bonds. The molecule has 2 aromatic carbocycles. The number of aryl methyl sites for hydroxylation is 1. The Labute approximate surface area is 175 Å². The second-order valence-corrected chi connectivity index (χ2v) is 6.56. The lowest BCUT2D eigenvalue weighted by atomic mass is 10.2. The van der Waals surface area contributed by atoms with Crippen molar-refractivity contribution in [2.24, 2.45) is 0 Å². The van der Waals surface area contributed by atoms with E-state index in [2.05, 4.69) is 15.5 Å². The Bertz CT molecular complexity index is 1030. The molecule has 1 aromatic heterocycles. The zero-order chi connectivity index (χ0) is 22.4. The van der Waals surface area contributed by atoms with Crippen molar-refractivity contribution in [2.75, 3.05) is 5.32 Å².